The van der Waals surface area contributed by atoms with Crippen LogP contribution in [0.4, 0.5) is 0 Å². The maximum atomic E-state index is 8.10. The summed E-state index contributed by atoms with van der Waals surface area (Å²) in [5.74, 6) is 0. The highest BCUT2D eigenvalue weighted by Gasteiger charge is 2.04. The molecule has 8 heavy (non-hydrogen) atoms. The molecule has 0 aromatic heterocycles. The van der Waals surface area contributed by atoms with Crippen molar-refractivity contribution in [3.8, 4) is 6.19 Å². The Kier molecular flexibility index (Phi) is 3.63. The lowest BCUT2D eigenvalue weighted by molar-refractivity contribution is 0.648. The van der Waals surface area contributed by atoms with Crippen molar-refractivity contribution >= 4 is 15.9 Å². The lowest BCUT2D eigenvalue weighted by atomic mass is 10.3. The monoisotopic (exact) mass is 176 g/mol. The van der Waals surface area contributed by atoms with Gasteiger partial charge in [0.2, 0.25) is 0 Å². The molecule has 0 heterocycles. The molecular formula is C5H9BrN2. The fourth-order valence-electron chi connectivity index (χ4n) is 0.217. The number of rotatable bonds is 2. The molecule has 0 rings (SSSR count). The minimum Gasteiger partial charge on any atom is -0.320 e. The van der Waals surface area contributed by atoms with E-state index in [1.165, 1.54) is 0 Å². The van der Waals surface area contributed by atoms with Gasteiger partial charge < -0.3 is 5.32 Å². The molecule has 2 atom stereocenters. The van der Waals surface area contributed by atoms with Crippen molar-refractivity contribution < 1.29 is 0 Å². The van der Waals surface area contributed by atoms with Crippen LogP contribution in [0.2, 0.25) is 0 Å². The predicted molar refractivity (Wildman–Crippen MR) is 36.6 cm³/mol. The Bertz CT molecular complexity index is 95.1. The Balaban J connectivity index is 3.35. The van der Waals surface area contributed by atoms with Crippen LogP contribution in [0.15, 0.2) is 0 Å². The molecule has 0 radical (unpaired) electrons. The van der Waals surface area contributed by atoms with Crippen LogP contribution in [-0.4, -0.2) is 10.9 Å². The maximum absolute atomic E-state index is 8.10. The zero-order valence-electron chi connectivity index (χ0n) is 4.98. The number of hydrogen-bond donors (Lipinski definition) is 1. The van der Waals surface area contributed by atoms with E-state index in [-0.39, 0.29) is 6.04 Å². The summed E-state index contributed by atoms with van der Waals surface area (Å²) >= 11 is 3.33. The van der Waals surface area contributed by atoms with Crippen LogP contribution >= 0.6 is 15.9 Å². The number of halogens is 1. The molecule has 0 unspecified atom stereocenters. The average Bonchev–Trinajstić information content (AvgIpc) is 1.67. The van der Waals surface area contributed by atoms with Crippen molar-refractivity contribution in [2.45, 2.75) is 24.7 Å². The minimum atomic E-state index is 0.222. The quantitative estimate of drug-likeness (QED) is 0.391. The summed E-state index contributed by atoms with van der Waals surface area (Å²) in [6, 6.07) is 0.222. The predicted octanol–water partition coefficient (Wildman–Crippen LogP) is 1.23. The van der Waals surface area contributed by atoms with E-state index in [2.05, 4.69) is 21.2 Å². The van der Waals surface area contributed by atoms with Crippen LogP contribution in [0.5, 0.6) is 0 Å². The number of nitrogens with one attached hydrogen (secondary N) is 1. The smallest absolute Gasteiger partial charge is 0.176 e. The molecule has 0 saturated carbocycles. The molecule has 0 aliphatic heterocycles. The van der Waals surface area contributed by atoms with E-state index in [4.69, 9.17) is 5.26 Å². The summed E-state index contributed by atoms with van der Waals surface area (Å²) in [6.07, 6.45) is 1.87. The molecule has 2 nitrogen and oxygen atoms in total. The van der Waals surface area contributed by atoms with Crippen molar-refractivity contribution in [2.24, 2.45) is 0 Å². The molecule has 0 amide bonds. The minimum absolute atomic E-state index is 0.222. The number of nitrogens with zero attached hydrogens (tertiary/aromatic N) is 1. The average molecular weight is 177 g/mol. The number of hydrogen-bond acceptors (Lipinski definition) is 2. The summed E-state index contributed by atoms with van der Waals surface area (Å²) in [4.78, 5) is 0.349. The van der Waals surface area contributed by atoms with Crippen molar-refractivity contribution in [1.82, 2.24) is 5.32 Å². The van der Waals surface area contributed by atoms with E-state index < -0.39 is 0 Å². The van der Waals surface area contributed by atoms with Crippen molar-refractivity contribution in [3.63, 3.8) is 0 Å². The van der Waals surface area contributed by atoms with Gasteiger partial charge in [0.05, 0.1) is 0 Å². The molecule has 46 valence electrons. The van der Waals surface area contributed by atoms with Crippen molar-refractivity contribution in [1.29, 1.82) is 5.26 Å². The molecule has 0 aliphatic rings. The first kappa shape index (κ1) is 7.77. The third-order valence-corrected chi connectivity index (χ3v) is 1.77. The summed E-state index contributed by atoms with van der Waals surface area (Å²) in [5, 5.41) is 10.7. The second-order valence-corrected chi connectivity index (χ2v) is 3.17. The summed E-state index contributed by atoms with van der Waals surface area (Å²) in [7, 11) is 0. The molecule has 0 bridgehead atoms. The third-order valence-electron chi connectivity index (χ3n) is 0.981. The van der Waals surface area contributed by atoms with Gasteiger partial charge in [-0.15, -0.1) is 0 Å². The molecule has 0 aliphatic carbocycles. The molecule has 0 aromatic carbocycles. The normalized spacial score (nSPS) is 16.2. The molecule has 1 N–H and O–H groups in total. The van der Waals surface area contributed by atoms with Crippen molar-refractivity contribution in [3.05, 3.63) is 0 Å². The van der Waals surface area contributed by atoms with Gasteiger partial charge in [-0.1, -0.05) is 22.9 Å². The Labute approximate surface area is 58.0 Å². The van der Waals surface area contributed by atoms with Gasteiger partial charge in [0.1, 0.15) is 0 Å². The zero-order valence-corrected chi connectivity index (χ0v) is 6.57. The van der Waals surface area contributed by atoms with Gasteiger partial charge in [0, 0.05) is 10.9 Å². The van der Waals surface area contributed by atoms with Crippen LogP contribution in [0.1, 0.15) is 13.8 Å². The first-order valence-electron chi connectivity index (χ1n) is 2.47. The first-order valence-corrected chi connectivity index (χ1v) is 3.38. The Morgan fingerprint density at radius 3 is 2.25 bits per heavy atom. The zero-order chi connectivity index (χ0) is 6.57. The van der Waals surface area contributed by atoms with E-state index in [0.29, 0.717) is 4.83 Å². The highest BCUT2D eigenvalue weighted by molar-refractivity contribution is 9.09. The third kappa shape index (κ3) is 2.86. The standard InChI is InChI=1S/C5H9BrN2/c1-4(6)5(2)8-3-7/h4-5,8H,1-2H3/t4-,5-/m1/s1. The Hall–Kier alpha value is -0.230. The van der Waals surface area contributed by atoms with E-state index in [0.717, 1.165) is 0 Å². The van der Waals surface area contributed by atoms with E-state index in [1.807, 2.05) is 20.0 Å². The van der Waals surface area contributed by atoms with Crippen LogP contribution in [0.3, 0.4) is 0 Å². The number of nitriles is 1. The van der Waals surface area contributed by atoms with E-state index >= 15 is 0 Å². The molecule has 0 fully saturated rings. The first-order chi connectivity index (χ1) is 3.68. The highest BCUT2D eigenvalue weighted by Crippen LogP contribution is 2.01. The van der Waals surface area contributed by atoms with E-state index in [9.17, 15) is 0 Å². The number of alkyl halides is 1. The van der Waals surface area contributed by atoms with Gasteiger partial charge in [0.25, 0.3) is 0 Å². The van der Waals surface area contributed by atoms with Crippen LogP contribution in [0, 0.1) is 11.5 Å². The van der Waals surface area contributed by atoms with Crippen molar-refractivity contribution in [2.75, 3.05) is 0 Å². The molecule has 0 spiro atoms. The van der Waals surface area contributed by atoms with Gasteiger partial charge in [-0.3, -0.25) is 0 Å². The summed E-state index contributed by atoms with van der Waals surface area (Å²) in [6.45, 7) is 3.94. The Morgan fingerprint density at radius 1 is 1.62 bits per heavy atom. The summed E-state index contributed by atoms with van der Waals surface area (Å²) in [5.41, 5.74) is 0. The second kappa shape index (κ2) is 3.73. The topological polar surface area (TPSA) is 35.8 Å². The SMILES string of the molecule is C[C@@H](Br)[C@@H](C)NC#N. The van der Waals surface area contributed by atoms with Crippen LogP contribution < -0.4 is 5.32 Å². The Morgan fingerprint density at radius 2 is 2.12 bits per heavy atom. The fraction of sp³-hybridized carbons (Fsp3) is 0.800. The second-order valence-electron chi connectivity index (χ2n) is 1.72. The fourth-order valence-corrected chi connectivity index (χ4v) is 0.349. The summed E-state index contributed by atoms with van der Waals surface area (Å²) < 4.78 is 0. The van der Waals surface area contributed by atoms with Crippen LogP contribution in [-0.2, 0) is 0 Å². The maximum Gasteiger partial charge on any atom is 0.176 e. The molecular weight excluding hydrogens is 168 g/mol. The molecule has 0 aromatic rings. The molecule has 0 saturated heterocycles. The lowest BCUT2D eigenvalue weighted by Crippen LogP contribution is -2.28. The van der Waals surface area contributed by atoms with E-state index in [1.54, 1.807) is 0 Å². The highest BCUT2D eigenvalue weighted by atomic mass is 79.9. The van der Waals surface area contributed by atoms with Gasteiger partial charge in [-0.25, -0.2) is 0 Å². The van der Waals surface area contributed by atoms with Crippen LogP contribution in [0.25, 0.3) is 0 Å². The van der Waals surface area contributed by atoms with Gasteiger partial charge in [-0.05, 0) is 6.92 Å². The largest absolute Gasteiger partial charge is 0.320 e. The lowest BCUT2D eigenvalue weighted by Gasteiger charge is -2.09. The molecule has 3 heteroatoms. The van der Waals surface area contributed by atoms with Gasteiger partial charge >= 0.3 is 0 Å². The van der Waals surface area contributed by atoms with Gasteiger partial charge in [0.15, 0.2) is 6.19 Å². The van der Waals surface area contributed by atoms with Gasteiger partial charge in [-0.2, -0.15) is 5.26 Å².